The van der Waals surface area contributed by atoms with Gasteiger partial charge in [0.25, 0.3) is 5.69 Å². The van der Waals surface area contributed by atoms with Gasteiger partial charge < -0.3 is 11.1 Å². The SMILES string of the molecule is Cl.NC1(C(=O)NCCNS(=O)(=O)c2ccccc2[N+](=O)[O-])CC1. The number of halogens is 1. The number of sulfonamides is 1. The van der Waals surface area contributed by atoms with Crippen molar-refractivity contribution in [2.24, 2.45) is 5.73 Å². The van der Waals surface area contributed by atoms with E-state index < -0.39 is 31.1 Å². The van der Waals surface area contributed by atoms with Crippen LogP contribution in [0.15, 0.2) is 29.2 Å². The van der Waals surface area contributed by atoms with Crippen LogP contribution in [-0.4, -0.2) is 37.9 Å². The minimum Gasteiger partial charge on any atom is -0.353 e. The van der Waals surface area contributed by atoms with E-state index in [1.54, 1.807) is 0 Å². The second kappa shape index (κ2) is 7.21. The Morgan fingerprint density at radius 1 is 1.30 bits per heavy atom. The van der Waals surface area contributed by atoms with E-state index >= 15 is 0 Å². The quantitative estimate of drug-likeness (QED) is 0.350. The lowest BCUT2D eigenvalue weighted by molar-refractivity contribution is -0.387. The summed E-state index contributed by atoms with van der Waals surface area (Å²) >= 11 is 0. The fourth-order valence-electron chi connectivity index (χ4n) is 1.81. The van der Waals surface area contributed by atoms with Gasteiger partial charge in [0.15, 0.2) is 4.90 Å². The van der Waals surface area contributed by atoms with Gasteiger partial charge in [-0.05, 0) is 18.9 Å². The maximum absolute atomic E-state index is 12.1. The van der Waals surface area contributed by atoms with Crippen molar-refractivity contribution in [1.29, 1.82) is 0 Å². The van der Waals surface area contributed by atoms with Crippen molar-refractivity contribution in [1.82, 2.24) is 10.0 Å². The van der Waals surface area contributed by atoms with Crippen LogP contribution in [0.4, 0.5) is 5.69 Å². The minimum atomic E-state index is -4.03. The molecule has 1 fully saturated rings. The molecule has 0 heterocycles. The predicted octanol–water partition coefficient (Wildman–Crippen LogP) is -0.0976. The Balaban J connectivity index is 0.00000264. The molecule has 1 amide bonds. The molecule has 0 atom stereocenters. The normalized spacial score (nSPS) is 15.3. The lowest BCUT2D eigenvalue weighted by atomic mass is 10.3. The number of carbonyl (C=O) groups is 1. The molecule has 4 N–H and O–H groups in total. The van der Waals surface area contributed by atoms with Crippen molar-refractivity contribution >= 4 is 34.0 Å². The molecule has 1 aromatic carbocycles. The third kappa shape index (κ3) is 4.61. The Morgan fingerprint density at radius 3 is 2.48 bits per heavy atom. The van der Waals surface area contributed by atoms with Crippen LogP contribution in [0.25, 0.3) is 0 Å². The number of benzene rings is 1. The number of nitrogens with two attached hydrogens (primary N) is 1. The van der Waals surface area contributed by atoms with Crippen molar-refractivity contribution in [2.75, 3.05) is 13.1 Å². The maximum Gasteiger partial charge on any atom is 0.289 e. The van der Waals surface area contributed by atoms with Crippen LogP contribution in [-0.2, 0) is 14.8 Å². The van der Waals surface area contributed by atoms with Gasteiger partial charge in [0.1, 0.15) is 0 Å². The zero-order valence-corrected chi connectivity index (χ0v) is 13.7. The number of para-hydroxylation sites is 1. The average molecular weight is 365 g/mol. The number of amides is 1. The van der Waals surface area contributed by atoms with E-state index in [1.165, 1.54) is 12.1 Å². The summed E-state index contributed by atoms with van der Waals surface area (Å²) in [5, 5.41) is 13.4. The molecule has 0 aromatic heterocycles. The molecule has 0 radical (unpaired) electrons. The van der Waals surface area contributed by atoms with E-state index in [2.05, 4.69) is 10.0 Å². The molecule has 0 spiro atoms. The van der Waals surface area contributed by atoms with Crippen LogP contribution in [0.3, 0.4) is 0 Å². The van der Waals surface area contributed by atoms with Gasteiger partial charge in [-0.2, -0.15) is 0 Å². The van der Waals surface area contributed by atoms with Gasteiger partial charge in [0.05, 0.1) is 10.5 Å². The molecule has 11 heteroatoms. The number of hydrogen-bond donors (Lipinski definition) is 3. The molecule has 9 nitrogen and oxygen atoms in total. The number of nitro benzene ring substituents is 1. The summed E-state index contributed by atoms with van der Waals surface area (Å²) in [5.74, 6) is -0.322. The Bertz CT molecular complexity index is 705. The third-order valence-corrected chi connectivity index (χ3v) is 4.80. The van der Waals surface area contributed by atoms with Crippen molar-refractivity contribution in [3.05, 3.63) is 34.4 Å². The van der Waals surface area contributed by atoms with Crippen molar-refractivity contribution in [3.8, 4) is 0 Å². The highest BCUT2D eigenvalue weighted by atomic mass is 35.5. The molecule has 128 valence electrons. The molecule has 0 aliphatic heterocycles. The molecule has 0 unspecified atom stereocenters. The number of carbonyl (C=O) groups excluding carboxylic acids is 1. The van der Waals surface area contributed by atoms with Gasteiger partial charge in [-0.3, -0.25) is 14.9 Å². The van der Waals surface area contributed by atoms with Gasteiger partial charge in [0, 0.05) is 19.2 Å². The molecule has 1 aromatic rings. The van der Waals surface area contributed by atoms with Crippen molar-refractivity contribution < 1.29 is 18.1 Å². The first kappa shape index (κ1) is 19.3. The zero-order valence-electron chi connectivity index (χ0n) is 12.0. The average Bonchev–Trinajstić information content (AvgIpc) is 3.22. The Labute approximate surface area is 139 Å². The molecular weight excluding hydrogens is 348 g/mol. The maximum atomic E-state index is 12.1. The highest BCUT2D eigenvalue weighted by Crippen LogP contribution is 2.31. The smallest absolute Gasteiger partial charge is 0.289 e. The summed E-state index contributed by atoms with van der Waals surface area (Å²) < 4.78 is 26.3. The number of nitrogens with zero attached hydrogens (tertiary/aromatic N) is 1. The van der Waals surface area contributed by atoms with Gasteiger partial charge in [-0.15, -0.1) is 12.4 Å². The lowest BCUT2D eigenvalue weighted by Crippen LogP contribution is -2.45. The molecule has 0 bridgehead atoms. The van der Waals surface area contributed by atoms with Gasteiger partial charge in [-0.25, -0.2) is 13.1 Å². The number of nitro groups is 1. The highest BCUT2D eigenvalue weighted by molar-refractivity contribution is 7.89. The Morgan fingerprint density at radius 2 is 1.91 bits per heavy atom. The van der Waals surface area contributed by atoms with Crippen LogP contribution in [0.1, 0.15) is 12.8 Å². The fourth-order valence-corrected chi connectivity index (χ4v) is 3.01. The standard InChI is InChI=1S/C12H16N4O5S.ClH/c13-12(5-6-12)11(17)14-7-8-15-22(20,21)10-4-2-1-3-9(10)16(18)19;/h1-4,15H,5-8,13H2,(H,14,17);1H. The number of nitrogens with one attached hydrogen (secondary N) is 2. The second-order valence-electron chi connectivity index (χ2n) is 5.03. The summed E-state index contributed by atoms with van der Waals surface area (Å²) in [6.45, 7) is -0.0339. The second-order valence-corrected chi connectivity index (χ2v) is 6.77. The van der Waals surface area contributed by atoms with Crippen LogP contribution in [0.2, 0.25) is 0 Å². The molecule has 1 aliphatic rings. The van der Waals surface area contributed by atoms with E-state index in [1.807, 2.05) is 0 Å². The summed E-state index contributed by atoms with van der Waals surface area (Å²) in [7, 11) is -4.03. The van der Waals surface area contributed by atoms with Crippen LogP contribution in [0.5, 0.6) is 0 Å². The number of hydrogen-bond acceptors (Lipinski definition) is 6. The summed E-state index contributed by atoms with van der Waals surface area (Å²) in [6.07, 6.45) is 1.22. The monoisotopic (exact) mass is 364 g/mol. The molecule has 1 saturated carbocycles. The van der Waals surface area contributed by atoms with Crippen molar-refractivity contribution in [3.63, 3.8) is 0 Å². The summed E-state index contributed by atoms with van der Waals surface area (Å²) in [4.78, 5) is 21.2. The van der Waals surface area contributed by atoms with E-state index in [0.717, 1.165) is 12.1 Å². The Hall–Kier alpha value is -1.75. The van der Waals surface area contributed by atoms with Gasteiger partial charge >= 0.3 is 0 Å². The van der Waals surface area contributed by atoms with E-state index in [0.29, 0.717) is 12.8 Å². The fraction of sp³-hybridized carbons (Fsp3) is 0.417. The summed E-state index contributed by atoms with van der Waals surface area (Å²) in [5.41, 5.74) is 4.35. The van der Waals surface area contributed by atoms with Crippen LogP contribution < -0.4 is 15.8 Å². The number of rotatable bonds is 7. The molecular formula is C12H17ClN4O5S. The molecule has 2 rings (SSSR count). The van der Waals surface area contributed by atoms with Crippen LogP contribution in [0, 0.1) is 10.1 Å². The highest BCUT2D eigenvalue weighted by Gasteiger charge is 2.45. The first-order chi connectivity index (χ1) is 10.3. The van der Waals surface area contributed by atoms with Gasteiger partial charge in [0.2, 0.25) is 15.9 Å². The Kier molecular flexibility index (Phi) is 6.05. The largest absolute Gasteiger partial charge is 0.353 e. The van der Waals surface area contributed by atoms with E-state index in [9.17, 15) is 23.3 Å². The summed E-state index contributed by atoms with van der Waals surface area (Å²) in [6, 6.07) is 5.04. The third-order valence-electron chi connectivity index (χ3n) is 3.29. The first-order valence-corrected chi connectivity index (χ1v) is 8.05. The lowest BCUT2D eigenvalue weighted by Gasteiger charge is -2.11. The topological polar surface area (TPSA) is 144 Å². The molecule has 0 saturated heterocycles. The van der Waals surface area contributed by atoms with Crippen LogP contribution >= 0.6 is 12.4 Å². The van der Waals surface area contributed by atoms with Gasteiger partial charge in [-0.1, -0.05) is 12.1 Å². The zero-order chi connectivity index (χ0) is 16.4. The van der Waals surface area contributed by atoms with E-state index in [-0.39, 0.29) is 31.4 Å². The molecule has 1 aliphatic carbocycles. The first-order valence-electron chi connectivity index (χ1n) is 6.56. The minimum absolute atomic E-state index is 0. The molecule has 23 heavy (non-hydrogen) atoms. The van der Waals surface area contributed by atoms with E-state index in [4.69, 9.17) is 5.73 Å². The predicted molar refractivity (Wildman–Crippen MR) is 84.7 cm³/mol. The van der Waals surface area contributed by atoms with Crippen molar-refractivity contribution in [2.45, 2.75) is 23.3 Å².